The van der Waals surface area contributed by atoms with Crippen LogP contribution in [0.3, 0.4) is 0 Å². The average molecular weight is 182 g/mol. The second-order valence-electron chi connectivity index (χ2n) is 2.78. The molecule has 70 valence electrons. The average Bonchev–Trinajstić information content (AvgIpc) is 2.04. The summed E-state index contributed by atoms with van der Waals surface area (Å²) in [5, 5.41) is 0. The van der Waals surface area contributed by atoms with Crippen LogP contribution in [0.25, 0.3) is 0 Å². The fourth-order valence-electron chi connectivity index (χ4n) is 0.967. The molecule has 3 heteroatoms. The first kappa shape index (κ1) is 9.71. The van der Waals surface area contributed by atoms with Gasteiger partial charge in [0.15, 0.2) is 0 Å². The molecule has 0 N–H and O–H groups in total. The highest BCUT2D eigenvalue weighted by Crippen LogP contribution is 2.19. The van der Waals surface area contributed by atoms with Gasteiger partial charge in [-0.15, -0.1) is 0 Å². The Morgan fingerprint density at radius 2 is 1.92 bits per heavy atom. The molecule has 1 aromatic rings. The number of carbonyl (C=O) groups excluding carboxylic acids is 1. The third kappa shape index (κ3) is 2.86. The lowest BCUT2D eigenvalue weighted by Gasteiger charge is -2.03. The van der Waals surface area contributed by atoms with Gasteiger partial charge in [0.1, 0.15) is 11.9 Å². The zero-order valence-corrected chi connectivity index (χ0v) is 7.58. The Kier molecular flexibility index (Phi) is 3.01. The van der Waals surface area contributed by atoms with E-state index < -0.39 is 6.17 Å². The van der Waals surface area contributed by atoms with E-state index in [1.54, 1.807) is 24.3 Å². The van der Waals surface area contributed by atoms with Crippen molar-refractivity contribution < 1.29 is 13.9 Å². The second-order valence-corrected chi connectivity index (χ2v) is 2.78. The summed E-state index contributed by atoms with van der Waals surface area (Å²) in [5.74, 6) is 0.0675. The maximum absolute atomic E-state index is 12.7. The minimum Gasteiger partial charge on any atom is -0.427 e. The maximum Gasteiger partial charge on any atom is 0.308 e. The van der Waals surface area contributed by atoms with E-state index in [4.69, 9.17) is 4.74 Å². The molecule has 0 aromatic heterocycles. The topological polar surface area (TPSA) is 26.3 Å². The molecule has 1 rings (SSSR count). The van der Waals surface area contributed by atoms with Crippen molar-refractivity contribution >= 4 is 5.97 Å². The second kappa shape index (κ2) is 4.03. The van der Waals surface area contributed by atoms with E-state index in [0.717, 1.165) is 0 Å². The van der Waals surface area contributed by atoms with E-state index in [9.17, 15) is 9.18 Å². The molecule has 0 saturated carbocycles. The molecule has 0 aliphatic heterocycles. The molecule has 1 aromatic carbocycles. The number of benzene rings is 1. The summed E-state index contributed by atoms with van der Waals surface area (Å²) < 4.78 is 17.5. The van der Waals surface area contributed by atoms with Crippen molar-refractivity contribution in [1.29, 1.82) is 0 Å². The van der Waals surface area contributed by atoms with Gasteiger partial charge in [0, 0.05) is 6.92 Å². The third-order valence-corrected chi connectivity index (χ3v) is 1.60. The number of hydrogen-bond acceptors (Lipinski definition) is 2. The summed E-state index contributed by atoms with van der Waals surface area (Å²) in [6.45, 7) is 2.78. The van der Waals surface area contributed by atoms with Crippen LogP contribution >= 0.6 is 0 Å². The first-order valence-corrected chi connectivity index (χ1v) is 4.02. The van der Waals surface area contributed by atoms with Gasteiger partial charge in [0.05, 0.1) is 0 Å². The fraction of sp³-hybridized carbons (Fsp3) is 0.300. The number of halogens is 1. The molecule has 0 aliphatic rings. The van der Waals surface area contributed by atoms with Crippen molar-refractivity contribution in [2.24, 2.45) is 0 Å². The quantitative estimate of drug-likeness (QED) is 0.519. The summed E-state index contributed by atoms with van der Waals surface area (Å²) in [7, 11) is 0. The van der Waals surface area contributed by atoms with Crippen LogP contribution in [-0.2, 0) is 4.79 Å². The molecule has 0 fully saturated rings. The molecule has 13 heavy (non-hydrogen) atoms. The number of ether oxygens (including phenoxy) is 1. The van der Waals surface area contributed by atoms with E-state index in [0.29, 0.717) is 11.3 Å². The summed E-state index contributed by atoms with van der Waals surface area (Å²) in [5.41, 5.74) is 0.580. The van der Waals surface area contributed by atoms with Crippen LogP contribution in [-0.4, -0.2) is 5.97 Å². The van der Waals surface area contributed by atoms with E-state index >= 15 is 0 Å². The van der Waals surface area contributed by atoms with Crippen LogP contribution in [0, 0.1) is 0 Å². The van der Waals surface area contributed by atoms with E-state index in [1.807, 2.05) is 0 Å². The van der Waals surface area contributed by atoms with Gasteiger partial charge in [0.2, 0.25) is 0 Å². The number of rotatable bonds is 2. The van der Waals surface area contributed by atoms with Crippen molar-refractivity contribution in [1.82, 2.24) is 0 Å². The molecule has 2 nitrogen and oxygen atoms in total. The lowest BCUT2D eigenvalue weighted by atomic mass is 10.1. The zero-order valence-electron chi connectivity index (χ0n) is 7.58. The minimum absolute atomic E-state index is 0.374. The van der Waals surface area contributed by atoms with Crippen molar-refractivity contribution in [2.45, 2.75) is 20.0 Å². The molecule has 0 radical (unpaired) electrons. The van der Waals surface area contributed by atoms with E-state index in [-0.39, 0.29) is 5.97 Å². The number of esters is 1. The van der Waals surface area contributed by atoms with Crippen LogP contribution in [0.2, 0.25) is 0 Å². The SMILES string of the molecule is CC(=O)Oc1ccc([C@@H](C)F)cc1. The van der Waals surface area contributed by atoms with Gasteiger partial charge in [-0.3, -0.25) is 4.79 Å². The van der Waals surface area contributed by atoms with Crippen molar-refractivity contribution in [3.63, 3.8) is 0 Å². The van der Waals surface area contributed by atoms with Gasteiger partial charge in [0.25, 0.3) is 0 Å². The smallest absolute Gasteiger partial charge is 0.308 e. The Balaban J connectivity index is 2.75. The Hall–Kier alpha value is -1.38. The number of carbonyl (C=O) groups is 1. The molecule has 0 bridgehead atoms. The van der Waals surface area contributed by atoms with Crippen LogP contribution in [0.4, 0.5) is 4.39 Å². The molecule has 1 atom stereocenters. The molecule has 0 spiro atoms. The van der Waals surface area contributed by atoms with E-state index in [2.05, 4.69) is 0 Å². The summed E-state index contributed by atoms with van der Waals surface area (Å²) >= 11 is 0. The van der Waals surface area contributed by atoms with Gasteiger partial charge in [-0.25, -0.2) is 4.39 Å². The summed E-state index contributed by atoms with van der Waals surface area (Å²) in [4.78, 5) is 10.5. The lowest BCUT2D eigenvalue weighted by Crippen LogP contribution is -2.01. The van der Waals surface area contributed by atoms with Gasteiger partial charge in [-0.1, -0.05) is 12.1 Å². The van der Waals surface area contributed by atoms with E-state index in [1.165, 1.54) is 13.8 Å². The van der Waals surface area contributed by atoms with Crippen LogP contribution in [0.5, 0.6) is 5.75 Å². The molecular formula is C10H11FO2. The van der Waals surface area contributed by atoms with Gasteiger partial charge in [-0.2, -0.15) is 0 Å². The lowest BCUT2D eigenvalue weighted by molar-refractivity contribution is -0.131. The first-order valence-electron chi connectivity index (χ1n) is 4.02. The van der Waals surface area contributed by atoms with Crippen LogP contribution < -0.4 is 4.74 Å². The molecule has 0 amide bonds. The standard InChI is InChI=1S/C10H11FO2/c1-7(11)9-3-5-10(6-4-9)13-8(2)12/h3-7H,1-2H3/t7-/m1/s1. The fourth-order valence-corrected chi connectivity index (χ4v) is 0.967. The molecule has 0 aliphatic carbocycles. The number of alkyl halides is 1. The minimum atomic E-state index is -0.994. The van der Waals surface area contributed by atoms with Gasteiger partial charge < -0.3 is 4.74 Å². The van der Waals surface area contributed by atoms with Gasteiger partial charge >= 0.3 is 5.97 Å². The van der Waals surface area contributed by atoms with Crippen molar-refractivity contribution in [3.8, 4) is 5.75 Å². The highest BCUT2D eigenvalue weighted by atomic mass is 19.1. The largest absolute Gasteiger partial charge is 0.427 e. The maximum atomic E-state index is 12.7. The Morgan fingerprint density at radius 1 is 1.38 bits per heavy atom. The molecule has 0 saturated heterocycles. The zero-order chi connectivity index (χ0) is 9.84. The third-order valence-electron chi connectivity index (χ3n) is 1.60. The van der Waals surface area contributed by atoms with Crippen molar-refractivity contribution in [3.05, 3.63) is 29.8 Å². The van der Waals surface area contributed by atoms with Crippen LogP contribution in [0.1, 0.15) is 25.6 Å². The Bertz CT molecular complexity index is 290. The monoisotopic (exact) mass is 182 g/mol. The number of hydrogen-bond donors (Lipinski definition) is 0. The molecule has 0 heterocycles. The summed E-state index contributed by atoms with van der Waals surface area (Å²) in [6, 6.07) is 6.35. The Labute approximate surface area is 76.3 Å². The predicted octanol–water partition coefficient (Wildman–Crippen LogP) is 2.64. The highest BCUT2D eigenvalue weighted by molar-refractivity contribution is 5.69. The summed E-state index contributed by atoms with van der Waals surface area (Å²) in [6.07, 6.45) is -0.994. The Morgan fingerprint density at radius 3 is 2.31 bits per heavy atom. The molecule has 0 unspecified atom stereocenters. The highest BCUT2D eigenvalue weighted by Gasteiger charge is 2.03. The molecular weight excluding hydrogens is 171 g/mol. The van der Waals surface area contributed by atoms with Gasteiger partial charge in [-0.05, 0) is 24.6 Å². The predicted molar refractivity (Wildman–Crippen MR) is 47.3 cm³/mol. The normalized spacial score (nSPS) is 12.2. The van der Waals surface area contributed by atoms with Crippen molar-refractivity contribution in [2.75, 3.05) is 0 Å². The van der Waals surface area contributed by atoms with Crippen LogP contribution in [0.15, 0.2) is 24.3 Å². The first-order chi connectivity index (χ1) is 6.09.